The first-order valence-corrected chi connectivity index (χ1v) is 3.74. The molecule has 2 nitrogen and oxygen atoms in total. The Balaban J connectivity index is 2.50. The minimum atomic E-state index is -3.12. The van der Waals surface area contributed by atoms with Gasteiger partial charge in [-0.3, -0.25) is 0 Å². The molecule has 0 unspecified atom stereocenters. The summed E-state index contributed by atoms with van der Waals surface area (Å²) < 4.78 is 93.5. The van der Waals surface area contributed by atoms with E-state index in [4.69, 9.17) is 6.85 Å². The van der Waals surface area contributed by atoms with E-state index in [1.807, 2.05) is 0 Å². The summed E-state index contributed by atoms with van der Waals surface area (Å²) >= 11 is 0. The molecule has 1 saturated heterocycles. The predicted octanol–water partition coefficient (Wildman–Crippen LogP) is 1.59. The molecule has 0 aliphatic carbocycles. The summed E-state index contributed by atoms with van der Waals surface area (Å²) in [5.41, 5.74) is 0. The van der Waals surface area contributed by atoms with Crippen LogP contribution in [0.4, 0.5) is 17.6 Å². The van der Waals surface area contributed by atoms with Gasteiger partial charge < -0.3 is 10.1 Å². The van der Waals surface area contributed by atoms with Crippen molar-refractivity contribution in [1.82, 2.24) is 5.32 Å². The van der Waals surface area contributed by atoms with Gasteiger partial charge in [0.15, 0.2) is 17.4 Å². The van der Waals surface area contributed by atoms with Gasteiger partial charge in [-0.1, -0.05) is 0 Å². The average molecular weight is 226 g/mol. The number of rotatable bonds is 2. The fourth-order valence-electron chi connectivity index (χ4n) is 0.907. The van der Waals surface area contributed by atoms with Crippen LogP contribution in [0.3, 0.4) is 0 Å². The van der Waals surface area contributed by atoms with Crippen molar-refractivity contribution in [2.45, 2.75) is 6.08 Å². The first kappa shape index (κ1) is 5.69. The van der Waals surface area contributed by atoms with E-state index in [9.17, 15) is 17.6 Å². The Labute approximate surface area is 89.9 Å². The minimum Gasteiger partial charge on any atom is -0.482 e. The molecule has 0 bridgehead atoms. The summed E-state index contributed by atoms with van der Waals surface area (Å²) in [5.74, 6) is -9.26. The molecule has 0 radical (unpaired) electrons. The van der Waals surface area contributed by atoms with E-state index >= 15 is 0 Å². The van der Waals surface area contributed by atoms with Crippen molar-refractivity contribution < 1.29 is 29.2 Å². The van der Waals surface area contributed by atoms with Crippen molar-refractivity contribution in [2.24, 2.45) is 0 Å². The van der Waals surface area contributed by atoms with Gasteiger partial charge >= 0.3 is 0 Å². The quantitative estimate of drug-likeness (QED) is 0.610. The average Bonchev–Trinajstić information content (AvgIpc) is 2.30. The van der Waals surface area contributed by atoms with Gasteiger partial charge in [0, 0.05) is 24.5 Å². The molecular weight excluding hydrogens is 214 g/mol. The lowest BCUT2D eigenvalue weighted by Gasteiger charge is -2.28. The van der Waals surface area contributed by atoms with Crippen LogP contribution >= 0.6 is 0 Å². The molecule has 1 aliphatic heterocycles. The van der Waals surface area contributed by atoms with E-state index in [1.165, 1.54) is 0 Å². The highest BCUT2D eigenvalue weighted by Crippen LogP contribution is 2.27. The fraction of sp³-hybridized carbons (Fsp3) is 0.333. The standard InChI is InChI=1S/C9H7F4NO/c10-5-1-6(11)8(13)9(7(5)12)15-4-2-14-3-4/h1,4,14H,2-3H2/i2D2,3D2,4D. The van der Waals surface area contributed by atoms with E-state index in [0.29, 0.717) is 0 Å². The topological polar surface area (TPSA) is 21.3 Å². The molecular formula is C9H7F4NO. The van der Waals surface area contributed by atoms with Crippen LogP contribution in [0.2, 0.25) is 0 Å². The summed E-state index contributed by atoms with van der Waals surface area (Å²) in [6.07, 6.45) is -3.12. The molecule has 15 heavy (non-hydrogen) atoms. The fourth-order valence-corrected chi connectivity index (χ4v) is 0.907. The highest BCUT2D eigenvalue weighted by Gasteiger charge is 2.26. The third-order valence-electron chi connectivity index (χ3n) is 1.63. The maximum atomic E-state index is 13.4. The van der Waals surface area contributed by atoms with Crippen LogP contribution in [-0.4, -0.2) is 19.1 Å². The Morgan fingerprint density at radius 3 is 2.27 bits per heavy atom. The molecule has 0 aromatic heterocycles. The van der Waals surface area contributed by atoms with E-state index in [0.717, 1.165) is 0 Å². The second-order valence-corrected chi connectivity index (χ2v) is 2.60. The molecule has 1 heterocycles. The highest BCUT2D eigenvalue weighted by molar-refractivity contribution is 5.29. The highest BCUT2D eigenvalue weighted by atomic mass is 19.2. The number of hydrogen-bond acceptors (Lipinski definition) is 2. The molecule has 1 aromatic carbocycles. The Bertz CT molecular complexity index is 542. The van der Waals surface area contributed by atoms with Gasteiger partial charge in [-0.25, -0.2) is 8.78 Å². The lowest BCUT2D eigenvalue weighted by molar-refractivity contribution is 0.127. The SMILES string of the molecule is [2H]C1([2H])NC([2H])([2H])C1([2H])Oc1c(F)c(F)cc(F)c1F. The summed E-state index contributed by atoms with van der Waals surface area (Å²) in [6, 6.07) is -0.0869. The van der Waals surface area contributed by atoms with Crippen LogP contribution < -0.4 is 10.1 Å². The van der Waals surface area contributed by atoms with Crippen LogP contribution in [0.15, 0.2) is 6.07 Å². The van der Waals surface area contributed by atoms with Gasteiger partial charge in [-0.2, -0.15) is 8.78 Å². The summed E-state index contributed by atoms with van der Waals surface area (Å²) in [5, 5.41) is 1.66. The first-order chi connectivity index (χ1) is 8.93. The molecule has 6 heteroatoms. The van der Waals surface area contributed by atoms with E-state index in [2.05, 4.69) is 4.74 Å². The van der Waals surface area contributed by atoms with Crippen molar-refractivity contribution >= 4 is 0 Å². The first-order valence-electron chi connectivity index (χ1n) is 6.24. The van der Waals surface area contributed by atoms with Crippen LogP contribution in [0.25, 0.3) is 0 Å². The van der Waals surface area contributed by atoms with Crippen LogP contribution in [-0.2, 0) is 0 Å². The number of hydrogen-bond donors (Lipinski definition) is 1. The summed E-state index contributed by atoms with van der Waals surface area (Å²) in [7, 11) is 0. The van der Waals surface area contributed by atoms with E-state index in [-0.39, 0.29) is 6.07 Å². The normalized spacial score (nSPS) is 30.0. The van der Waals surface area contributed by atoms with Crippen molar-refractivity contribution in [3.63, 3.8) is 0 Å². The monoisotopic (exact) mass is 226 g/mol. The minimum absolute atomic E-state index is 0.0869. The second kappa shape index (κ2) is 3.69. The van der Waals surface area contributed by atoms with E-state index < -0.39 is 48.1 Å². The molecule has 0 saturated carbocycles. The zero-order valence-electron chi connectivity index (χ0n) is 12.0. The maximum Gasteiger partial charge on any atom is 0.203 e. The Morgan fingerprint density at radius 1 is 1.27 bits per heavy atom. The van der Waals surface area contributed by atoms with Crippen molar-refractivity contribution in [3.8, 4) is 5.75 Å². The number of ether oxygens (including phenoxy) is 1. The molecule has 82 valence electrons. The third-order valence-corrected chi connectivity index (χ3v) is 1.63. The van der Waals surface area contributed by atoms with Crippen molar-refractivity contribution in [2.75, 3.05) is 13.0 Å². The summed E-state index contributed by atoms with van der Waals surface area (Å²) in [6.45, 7) is -5.64. The Morgan fingerprint density at radius 2 is 1.80 bits per heavy atom. The van der Waals surface area contributed by atoms with Gasteiger partial charge in [0.2, 0.25) is 11.6 Å². The van der Waals surface area contributed by atoms with Gasteiger partial charge in [-0.05, 0) is 0 Å². The van der Waals surface area contributed by atoms with Crippen molar-refractivity contribution in [1.29, 1.82) is 0 Å². The Hall–Kier alpha value is -1.30. The van der Waals surface area contributed by atoms with Crippen LogP contribution in [0.5, 0.6) is 5.75 Å². The van der Waals surface area contributed by atoms with Crippen LogP contribution in [0, 0.1) is 23.3 Å². The van der Waals surface area contributed by atoms with Gasteiger partial charge in [0.25, 0.3) is 0 Å². The molecule has 1 fully saturated rings. The van der Waals surface area contributed by atoms with Gasteiger partial charge in [-0.15, -0.1) is 0 Å². The Kier molecular flexibility index (Phi) is 1.40. The molecule has 0 amide bonds. The van der Waals surface area contributed by atoms with Gasteiger partial charge in [0.1, 0.15) is 6.08 Å². The summed E-state index contributed by atoms with van der Waals surface area (Å²) in [4.78, 5) is 0. The van der Waals surface area contributed by atoms with Crippen molar-refractivity contribution in [3.05, 3.63) is 29.3 Å². The zero-order chi connectivity index (χ0) is 15.5. The number of halogens is 4. The molecule has 1 aliphatic rings. The second-order valence-electron chi connectivity index (χ2n) is 2.60. The molecule has 0 spiro atoms. The third kappa shape index (κ3) is 1.77. The number of nitrogens with one attached hydrogen (secondary N) is 1. The predicted molar refractivity (Wildman–Crippen MR) is 43.6 cm³/mol. The largest absolute Gasteiger partial charge is 0.482 e. The smallest absolute Gasteiger partial charge is 0.203 e. The number of benzene rings is 1. The molecule has 2 rings (SSSR count). The maximum absolute atomic E-state index is 13.4. The molecule has 1 aromatic rings. The van der Waals surface area contributed by atoms with Crippen LogP contribution in [0.1, 0.15) is 6.85 Å². The van der Waals surface area contributed by atoms with E-state index in [1.54, 1.807) is 5.32 Å². The zero-order valence-corrected chi connectivity index (χ0v) is 7.00. The molecule has 1 N–H and O–H groups in total. The molecule has 0 atom stereocenters. The lowest BCUT2D eigenvalue weighted by atomic mass is 10.2. The van der Waals surface area contributed by atoms with Gasteiger partial charge in [0.05, 0.1) is 1.37 Å². The lowest BCUT2D eigenvalue weighted by Crippen LogP contribution is -2.50.